The Bertz CT molecular complexity index is 769. The molecule has 6 nitrogen and oxygen atoms in total. The van der Waals surface area contributed by atoms with E-state index in [-0.39, 0.29) is 18.1 Å². The minimum absolute atomic E-state index is 0.0339. The van der Waals surface area contributed by atoms with E-state index in [1.807, 2.05) is 44.1 Å². The summed E-state index contributed by atoms with van der Waals surface area (Å²) in [5.74, 6) is 0. The van der Waals surface area contributed by atoms with Gasteiger partial charge in [-0.2, -0.15) is 5.10 Å². The number of rotatable bonds is 2. The summed E-state index contributed by atoms with van der Waals surface area (Å²) in [5.41, 5.74) is 4.37. The van der Waals surface area contributed by atoms with E-state index in [0.717, 1.165) is 17.8 Å². The van der Waals surface area contributed by atoms with Crippen molar-refractivity contribution in [2.75, 3.05) is 18.5 Å². The summed E-state index contributed by atoms with van der Waals surface area (Å²) in [5, 5.41) is 7.51. The number of likely N-dealkylation sites (N-methyl/N-ethyl adjacent to an activating group) is 1. The van der Waals surface area contributed by atoms with Crippen LogP contribution >= 0.6 is 0 Å². The van der Waals surface area contributed by atoms with Crippen molar-refractivity contribution in [1.29, 1.82) is 0 Å². The van der Waals surface area contributed by atoms with Crippen molar-refractivity contribution in [3.63, 3.8) is 0 Å². The molecule has 2 aromatic rings. The van der Waals surface area contributed by atoms with Gasteiger partial charge in [-0.05, 0) is 32.4 Å². The molecule has 0 saturated carbocycles. The Morgan fingerprint density at radius 1 is 1.32 bits per heavy atom. The molecule has 2 amide bonds. The van der Waals surface area contributed by atoms with Gasteiger partial charge >= 0.3 is 6.03 Å². The Morgan fingerprint density at radius 3 is 2.72 bits per heavy atom. The third-order valence-corrected chi connectivity index (χ3v) is 4.93. The lowest BCUT2D eigenvalue weighted by atomic mass is 10.1. The second-order valence-corrected chi connectivity index (χ2v) is 7.00. The molecule has 1 aromatic heterocycles. The number of nitrogens with one attached hydrogen (secondary N) is 1. The number of aromatic nitrogens is 2. The minimum atomic E-state index is -0.0790. The largest absolute Gasteiger partial charge is 0.372 e. The van der Waals surface area contributed by atoms with Gasteiger partial charge in [0.2, 0.25) is 0 Å². The molecule has 1 aliphatic heterocycles. The van der Waals surface area contributed by atoms with Gasteiger partial charge in [-0.25, -0.2) is 4.79 Å². The Labute approximate surface area is 149 Å². The van der Waals surface area contributed by atoms with Crippen LogP contribution in [-0.2, 0) is 13.6 Å². The Kier molecular flexibility index (Phi) is 4.70. The van der Waals surface area contributed by atoms with Crippen LogP contribution in [0.2, 0.25) is 0 Å². The molecule has 0 fully saturated rings. The van der Waals surface area contributed by atoms with E-state index in [9.17, 15) is 4.79 Å². The SMILES string of the molecule is Cc1nn(C)cc1[C@H](C)NC(=O)N1Cc2ccccc2N(C)C[C@@H]1C. The number of hydrogen-bond donors (Lipinski definition) is 1. The number of carbonyl (C=O) groups excluding carboxylic acids is 1. The second-order valence-electron chi connectivity index (χ2n) is 7.00. The zero-order valence-corrected chi connectivity index (χ0v) is 15.7. The number of fused-ring (bicyclic) bond motifs is 1. The van der Waals surface area contributed by atoms with Crippen LogP contribution in [-0.4, -0.2) is 40.3 Å². The van der Waals surface area contributed by atoms with Crippen LogP contribution in [0.3, 0.4) is 0 Å². The molecule has 0 aliphatic carbocycles. The highest BCUT2D eigenvalue weighted by Gasteiger charge is 2.28. The molecule has 0 saturated heterocycles. The van der Waals surface area contributed by atoms with Gasteiger partial charge < -0.3 is 15.1 Å². The highest BCUT2D eigenvalue weighted by atomic mass is 16.2. The maximum atomic E-state index is 12.9. The molecule has 2 atom stereocenters. The van der Waals surface area contributed by atoms with Crippen LogP contribution in [0.4, 0.5) is 10.5 Å². The molecule has 1 aromatic carbocycles. The van der Waals surface area contributed by atoms with Crippen LogP contribution in [0, 0.1) is 6.92 Å². The zero-order valence-electron chi connectivity index (χ0n) is 15.7. The fourth-order valence-corrected chi connectivity index (χ4v) is 3.61. The fourth-order valence-electron chi connectivity index (χ4n) is 3.61. The van der Waals surface area contributed by atoms with Crippen LogP contribution in [0.15, 0.2) is 30.5 Å². The molecular formula is C19H27N5O. The number of benzene rings is 1. The topological polar surface area (TPSA) is 53.4 Å². The lowest BCUT2D eigenvalue weighted by molar-refractivity contribution is 0.175. The van der Waals surface area contributed by atoms with Gasteiger partial charge in [0, 0.05) is 50.7 Å². The number of hydrogen-bond acceptors (Lipinski definition) is 3. The molecule has 6 heteroatoms. The van der Waals surface area contributed by atoms with Gasteiger partial charge in [0.15, 0.2) is 0 Å². The number of nitrogens with zero attached hydrogens (tertiary/aromatic N) is 4. The monoisotopic (exact) mass is 341 g/mol. The summed E-state index contributed by atoms with van der Waals surface area (Å²) in [6, 6.07) is 8.30. The van der Waals surface area contributed by atoms with Crippen molar-refractivity contribution in [3.05, 3.63) is 47.3 Å². The molecule has 0 spiro atoms. The van der Waals surface area contributed by atoms with Gasteiger partial charge in [0.1, 0.15) is 0 Å². The summed E-state index contributed by atoms with van der Waals surface area (Å²) in [6.07, 6.45) is 1.97. The maximum Gasteiger partial charge on any atom is 0.318 e. The van der Waals surface area contributed by atoms with Crippen molar-refractivity contribution < 1.29 is 4.79 Å². The normalized spacial score (nSPS) is 18.5. The average molecular weight is 341 g/mol. The predicted molar refractivity (Wildman–Crippen MR) is 99.6 cm³/mol. The first-order chi connectivity index (χ1) is 11.9. The lowest BCUT2D eigenvalue weighted by Gasteiger charge is -2.30. The molecule has 134 valence electrons. The Morgan fingerprint density at radius 2 is 2.04 bits per heavy atom. The molecule has 2 heterocycles. The summed E-state index contributed by atoms with van der Waals surface area (Å²) < 4.78 is 1.78. The third kappa shape index (κ3) is 3.48. The first-order valence-electron chi connectivity index (χ1n) is 8.73. The van der Waals surface area contributed by atoms with Crippen molar-refractivity contribution in [1.82, 2.24) is 20.0 Å². The van der Waals surface area contributed by atoms with E-state index < -0.39 is 0 Å². The van der Waals surface area contributed by atoms with Gasteiger partial charge in [-0.15, -0.1) is 0 Å². The predicted octanol–water partition coefficient (Wildman–Crippen LogP) is 2.84. The van der Waals surface area contributed by atoms with Crippen LogP contribution < -0.4 is 10.2 Å². The number of anilines is 1. The first kappa shape index (κ1) is 17.3. The highest BCUT2D eigenvalue weighted by molar-refractivity contribution is 5.76. The Hall–Kier alpha value is -2.50. The maximum absolute atomic E-state index is 12.9. The van der Waals surface area contributed by atoms with E-state index in [0.29, 0.717) is 6.54 Å². The number of amides is 2. The molecule has 1 aliphatic rings. The van der Waals surface area contributed by atoms with Crippen molar-refractivity contribution in [2.45, 2.75) is 39.4 Å². The number of para-hydroxylation sites is 1. The number of carbonyl (C=O) groups is 1. The van der Waals surface area contributed by atoms with E-state index >= 15 is 0 Å². The lowest BCUT2D eigenvalue weighted by Crippen LogP contribution is -2.47. The average Bonchev–Trinajstić information content (AvgIpc) is 2.84. The van der Waals surface area contributed by atoms with Crippen LogP contribution in [0.1, 0.15) is 36.7 Å². The van der Waals surface area contributed by atoms with Gasteiger partial charge in [0.05, 0.1) is 11.7 Å². The second kappa shape index (κ2) is 6.78. The van der Waals surface area contributed by atoms with Crippen molar-refractivity contribution in [3.8, 4) is 0 Å². The fraction of sp³-hybridized carbons (Fsp3) is 0.474. The minimum Gasteiger partial charge on any atom is -0.372 e. The van der Waals surface area contributed by atoms with Crippen molar-refractivity contribution in [2.24, 2.45) is 7.05 Å². The Balaban J connectivity index is 1.78. The van der Waals surface area contributed by atoms with Gasteiger partial charge in [0.25, 0.3) is 0 Å². The zero-order chi connectivity index (χ0) is 18.1. The summed E-state index contributed by atoms with van der Waals surface area (Å²) >= 11 is 0. The van der Waals surface area contributed by atoms with Gasteiger partial charge in [-0.1, -0.05) is 18.2 Å². The molecule has 1 N–H and O–H groups in total. The number of urea groups is 1. The van der Waals surface area contributed by atoms with E-state index in [1.165, 1.54) is 11.3 Å². The quantitative estimate of drug-likeness (QED) is 0.914. The third-order valence-electron chi connectivity index (χ3n) is 4.93. The van der Waals surface area contributed by atoms with Crippen molar-refractivity contribution >= 4 is 11.7 Å². The van der Waals surface area contributed by atoms with E-state index in [1.54, 1.807) is 4.68 Å². The van der Waals surface area contributed by atoms with Crippen LogP contribution in [0.5, 0.6) is 0 Å². The molecule has 0 bridgehead atoms. The molecule has 0 unspecified atom stereocenters. The molecular weight excluding hydrogens is 314 g/mol. The summed E-state index contributed by atoms with van der Waals surface area (Å²) in [4.78, 5) is 17.1. The molecule has 25 heavy (non-hydrogen) atoms. The highest BCUT2D eigenvalue weighted by Crippen LogP contribution is 2.26. The van der Waals surface area contributed by atoms with Gasteiger partial charge in [-0.3, -0.25) is 4.68 Å². The van der Waals surface area contributed by atoms with E-state index in [4.69, 9.17) is 0 Å². The molecule has 3 rings (SSSR count). The standard InChI is InChI=1S/C19H27N5O/c1-13-10-22(4)18-9-7-6-8-16(18)11-24(13)19(25)20-14(2)17-12-23(5)21-15(17)3/h6-9,12-14H,10-11H2,1-5H3,(H,20,25)/t13-,14-/m0/s1. The van der Waals surface area contributed by atoms with E-state index in [2.05, 4.69) is 41.4 Å². The first-order valence-corrected chi connectivity index (χ1v) is 8.73. The molecule has 0 radical (unpaired) electrons. The summed E-state index contributed by atoms with van der Waals surface area (Å²) in [6.45, 7) is 7.50. The smallest absolute Gasteiger partial charge is 0.318 e. The summed E-state index contributed by atoms with van der Waals surface area (Å²) in [7, 11) is 3.98. The van der Waals surface area contributed by atoms with Crippen LogP contribution in [0.25, 0.3) is 0 Å². The number of aryl methyl sites for hydroxylation is 2.